The zero-order valence-corrected chi connectivity index (χ0v) is 49.8. The van der Waals surface area contributed by atoms with Crippen molar-refractivity contribution >= 4 is 5.91 Å². The fourth-order valence-corrected chi connectivity index (χ4v) is 10.0. The summed E-state index contributed by atoms with van der Waals surface area (Å²) in [5, 5.41) is 87.1. The van der Waals surface area contributed by atoms with Gasteiger partial charge < -0.3 is 65.1 Å². The number of nitrogens with one attached hydrogen (secondary N) is 1. The van der Waals surface area contributed by atoms with Gasteiger partial charge in [0, 0.05) is 6.42 Å². The SMILES string of the molecule is CC/C=C\C/C=C\C/C=C\C/C=C\C/C=C\C/C=C\CCCCCCCCCCCCCCCCC(=O)NC(COC1OC(CO)C(OC2OC(CO)C(O)C(O)C2O)C(O)C1O)C(O)/C=C/CCCCCCCCCCCCC. The van der Waals surface area contributed by atoms with Gasteiger partial charge in [-0.15, -0.1) is 0 Å². The third kappa shape index (κ3) is 35.3. The van der Waals surface area contributed by atoms with E-state index in [0.717, 1.165) is 77.0 Å². The van der Waals surface area contributed by atoms with Crippen LogP contribution >= 0.6 is 0 Å². The summed E-state index contributed by atoms with van der Waals surface area (Å²) in [5.41, 5.74) is 0. The third-order valence-electron chi connectivity index (χ3n) is 15.1. The van der Waals surface area contributed by atoms with Gasteiger partial charge in [0.05, 0.1) is 32.0 Å². The van der Waals surface area contributed by atoms with Crippen LogP contribution in [0.2, 0.25) is 0 Å². The van der Waals surface area contributed by atoms with Crippen molar-refractivity contribution in [3.05, 3.63) is 85.1 Å². The number of hydrogen-bond donors (Lipinski definition) is 9. The Morgan fingerprint density at radius 2 is 0.863 bits per heavy atom. The summed E-state index contributed by atoms with van der Waals surface area (Å²) in [4.78, 5) is 13.3. The number of ether oxygens (including phenoxy) is 4. The number of allylic oxidation sites excluding steroid dienone is 13. The Bertz CT molecular complexity index is 1660. The van der Waals surface area contributed by atoms with Crippen molar-refractivity contribution in [1.82, 2.24) is 5.32 Å². The predicted molar refractivity (Wildman–Crippen MR) is 323 cm³/mol. The first kappa shape index (κ1) is 73.3. The van der Waals surface area contributed by atoms with Crippen molar-refractivity contribution in [3.63, 3.8) is 0 Å². The number of carbonyl (C=O) groups is 1. The van der Waals surface area contributed by atoms with E-state index in [2.05, 4.69) is 92.1 Å². The van der Waals surface area contributed by atoms with E-state index in [1.165, 1.54) is 128 Å². The molecule has 0 bridgehead atoms. The van der Waals surface area contributed by atoms with Crippen LogP contribution in [0.1, 0.15) is 232 Å². The Morgan fingerprint density at radius 1 is 0.463 bits per heavy atom. The van der Waals surface area contributed by atoms with E-state index < -0.39 is 86.8 Å². The van der Waals surface area contributed by atoms with Crippen molar-refractivity contribution < 1.29 is 64.6 Å². The summed E-state index contributed by atoms with van der Waals surface area (Å²) >= 11 is 0. The molecule has 0 saturated carbocycles. The summed E-state index contributed by atoms with van der Waals surface area (Å²) in [6, 6.07) is -0.918. The Balaban J connectivity index is 1.65. The smallest absolute Gasteiger partial charge is 0.220 e. The van der Waals surface area contributed by atoms with Gasteiger partial charge in [-0.3, -0.25) is 4.79 Å². The Hall–Kier alpha value is -2.83. The molecule has 462 valence electrons. The molecule has 0 aromatic heterocycles. The highest BCUT2D eigenvalue weighted by Gasteiger charge is 2.51. The zero-order valence-electron chi connectivity index (χ0n) is 49.8. The topological polar surface area (TPSA) is 228 Å². The molecule has 14 heteroatoms. The first-order chi connectivity index (χ1) is 39.1. The van der Waals surface area contributed by atoms with Gasteiger partial charge >= 0.3 is 0 Å². The molecule has 0 aromatic carbocycles. The van der Waals surface area contributed by atoms with E-state index in [0.29, 0.717) is 6.42 Å². The molecule has 2 heterocycles. The molecule has 14 nitrogen and oxygen atoms in total. The second-order valence-corrected chi connectivity index (χ2v) is 22.2. The van der Waals surface area contributed by atoms with Crippen molar-refractivity contribution in [1.29, 1.82) is 0 Å². The average Bonchev–Trinajstić information content (AvgIpc) is 3.49. The quantitative estimate of drug-likeness (QED) is 0.0204. The minimum Gasteiger partial charge on any atom is -0.394 e. The summed E-state index contributed by atoms with van der Waals surface area (Å²) < 4.78 is 22.8. The van der Waals surface area contributed by atoms with Crippen molar-refractivity contribution in [2.45, 2.75) is 306 Å². The summed E-state index contributed by atoms with van der Waals surface area (Å²) in [6.45, 7) is 2.67. The van der Waals surface area contributed by atoms with Crippen LogP contribution in [-0.2, 0) is 23.7 Å². The number of rotatable bonds is 50. The van der Waals surface area contributed by atoms with Crippen LogP contribution in [0.25, 0.3) is 0 Å². The Kier molecular flexibility index (Phi) is 46.4. The molecule has 0 aromatic rings. The molecule has 2 fully saturated rings. The standard InChI is InChI=1S/C66H115NO13/c1-3-5-7-9-11-13-15-17-18-19-20-21-22-23-24-25-26-27-28-29-30-31-32-33-34-35-36-38-40-42-44-46-48-50-58(71)67-54(55(70)49-47-45-43-41-39-37-16-14-12-10-8-6-4-2)53-77-65-63(76)61(74)64(57(52-69)79-65)80-66-62(75)60(73)59(72)56(51-68)78-66/h5,7,11,13,17-18,20-21,23-24,26-27,47,49,54-57,59-66,68-70,72-76H,3-4,6,8-10,12,14-16,19,22,25,28-46,48,50-53H2,1-2H3,(H,67,71)/b7-5-,13-11-,18-17-,21-20-,24-23-,27-26-,49-47+. The van der Waals surface area contributed by atoms with Gasteiger partial charge in [0.15, 0.2) is 12.6 Å². The highest BCUT2D eigenvalue weighted by Crippen LogP contribution is 2.30. The van der Waals surface area contributed by atoms with Gasteiger partial charge in [-0.1, -0.05) is 240 Å². The normalized spacial score (nSPS) is 24.8. The lowest BCUT2D eigenvalue weighted by Gasteiger charge is -2.46. The zero-order chi connectivity index (χ0) is 58.1. The number of carbonyl (C=O) groups excluding carboxylic acids is 1. The van der Waals surface area contributed by atoms with E-state index in [4.69, 9.17) is 18.9 Å². The molecular weight excluding hydrogens is 1010 g/mol. The van der Waals surface area contributed by atoms with Crippen LogP contribution in [0.5, 0.6) is 0 Å². The molecule has 2 saturated heterocycles. The van der Waals surface area contributed by atoms with E-state index in [-0.39, 0.29) is 18.9 Å². The number of hydrogen-bond acceptors (Lipinski definition) is 13. The second kappa shape index (κ2) is 50.7. The maximum absolute atomic E-state index is 13.3. The average molecular weight is 1130 g/mol. The van der Waals surface area contributed by atoms with Crippen LogP contribution in [-0.4, -0.2) is 140 Å². The maximum atomic E-state index is 13.3. The lowest BCUT2D eigenvalue weighted by atomic mass is 9.97. The van der Waals surface area contributed by atoms with Crippen LogP contribution < -0.4 is 5.32 Å². The molecule has 12 atom stereocenters. The predicted octanol–water partition coefficient (Wildman–Crippen LogP) is 11.7. The van der Waals surface area contributed by atoms with Gasteiger partial charge in [0.25, 0.3) is 0 Å². The number of unbranched alkanes of at least 4 members (excludes halogenated alkanes) is 25. The molecule has 2 aliphatic rings. The monoisotopic (exact) mass is 1130 g/mol. The largest absolute Gasteiger partial charge is 0.394 e. The lowest BCUT2D eigenvalue weighted by Crippen LogP contribution is -2.65. The van der Waals surface area contributed by atoms with E-state index in [1.807, 2.05) is 6.08 Å². The van der Waals surface area contributed by atoms with Crippen LogP contribution in [0.15, 0.2) is 85.1 Å². The fraction of sp³-hybridized carbons (Fsp3) is 0.773. The molecule has 0 radical (unpaired) electrons. The van der Waals surface area contributed by atoms with Crippen LogP contribution in [0.3, 0.4) is 0 Å². The molecule has 12 unspecified atom stereocenters. The third-order valence-corrected chi connectivity index (χ3v) is 15.1. The highest BCUT2D eigenvalue weighted by molar-refractivity contribution is 5.76. The lowest BCUT2D eigenvalue weighted by molar-refractivity contribution is -0.359. The fourth-order valence-electron chi connectivity index (χ4n) is 10.0. The van der Waals surface area contributed by atoms with E-state index >= 15 is 0 Å². The highest BCUT2D eigenvalue weighted by atomic mass is 16.7. The van der Waals surface area contributed by atoms with Gasteiger partial charge in [-0.25, -0.2) is 0 Å². The maximum Gasteiger partial charge on any atom is 0.220 e. The van der Waals surface area contributed by atoms with Gasteiger partial charge in [-0.05, 0) is 70.6 Å². The first-order valence-electron chi connectivity index (χ1n) is 31.8. The summed E-state index contributed by atoms with van der Waals surface area (Å²) in [5.74, 6) is -0.243. The van der Waals surface area contributed by atoms with E-state index in [9.17, 15) is 45.6 Å². The molecule has 9 N–H and O–H groups in total. The minimum absolute atomic E-state index is 0.243. The van der Waals surface area contributed by atoms with Crippen molar-refractivity contribution in [2.75, 3.05) is 19.8 Å². The van der Waals surface area contributed by atoms with Crippen LogP contribution in [0.4, 0.5) is 0 Å². The van der Waals surface area contributed by atoms with Gasteiger partial charge in [-0.2, -0.15) is 0 Å². The molecule has 0 spiro atoms. The van der Waals surface area contributed by atoms with Crippen molar-refractivity contribution in [2.24, 2.45) is 0 Å². The summed E-state index contributed by atoms with van der Waals surface area (Å²) in [7, 11) is 0. The van der Waals surface area contributed by atoms with Crippen molar-refractivity contribution in [3.8, 4) is 0 Å². The molecule has 80 heavy (non-hydrogen) atoms. The number of aliphatic hydroxyl groups excluding tert-OH is 8. The minimum atomic E-state index is -1.79. The van der Waals surface area contributed by atoms with Crippen LogP contribution in [0, 0.1) is 0 Å². The number of amides is 1. The molecule has 0 aliphatic carbocycles. The van der Waals surface area contributed by atoms with Gasteiger partial charge in [0.1, 0.15) is 48.8 Å². The first-order valence-corrected chi connectivity index (χ1v) is 31.8. The van der Waals surface area contributed by atoms with E-state index in [1.54, 1.807) is 6.08 Å². The molecular formula is C66H115NO13. The molecule has 2 rings (SSSR count). The Labute approximate surface area is 484 Å². The molecule has 2 aliphatic heterocycles. The second-order valence-electron chi connectivity index (χ2n) is 22.2. The molecule has 1 amide bonds. The Morgan fingerprint density at radius 3 is 1.32 bits per heavy atom. The summed E-state index contributed by atoms with van der Waals surface area (Å²) in [6.07, 6.45) is 52.0. The number of aliphatic hydroxyl groups is 8. The van der Waals surface area contributed by atoms with Gasteiger partial charge in [0.2, 0.25) is 5.91 Å².